The van der Waals surface area contributed by atoms with E-state index in [1.54, 1.807) is 0 Å². The van der Waals surface area contributed by atoms with Gasteiger partial charge in [0.15, 0.2) is 0 Å². The number of rotatable bonds is 9. The Hall–Kier alpha value is -0.510. The van der Waals surface area contributed by atoms with Crippen LogP contribution in [0.4, 0.5) is 0 Å². The number of hydrogen-bond donors (Lipinski definition) is 2. The van der Waals surface area contributed by atoms with Crippen LogP contribution in [0.1, 0.15) is 20.3 Å². The maximum absolute atomic E-state index is 3.53. The Bertz CT molecular complexity index is 277. The van der Waals surface area contributed by atoms with Crippen LogP contribution in [0, 0.1) is 0 Å². The van der Waals surface area contributed by atoms with E-state index in [1.807, 2.05) is 11.8 Å². The fourth-order valence-electron chi connectivity index (χ4n) is 1.56. The van der Waals surface area contributed by atoms with Crippen molar-refractivity contribution in [1.82, 2.24) is 10.6 Å². The molecule has 1 rings (SSSR count). The van der Waals surface area contributed by atoms with Crippen molar-refractivity contribution in [3.05, 3.63) is 30.3 Å². The molecule has 0 aliphatic carbocycles. The molecule has 2 nitrogen and oxygen atoms in total. The van der Waals surface area contributed by atoms with Gasteiger partial charge in [-0.1, -0.05) is 25.1 Å². The third kappa shape index (κ3) is 7.42. The van der Waals surface area contributed by atoms with Crippen LogP contribution in [-0.2, 0) is 0 Å². The molecule has 0 saturated heterocycles. The highest BCUT2D eigenvalue weighted by atomic mass is 32.2. The molecular weight excluding hydrogens is 228 g/mol. The average molecular weight is 252 g/mol. The van der Waals surface area contributed by atoms with E-state index in [1.165, 1.54) is 11.3 Å². The Labute approximate surface area is 110 Å². The molecule has 0 bridgehead atoms. The van der Waals surface area contributed by atoms with E-state index in [9.17, 15) is 0 Å². The topological polar surface area (TPSA) is 24.1 Å². The minimum atomic E-state index is 0.554. The lowest BCUT2D eigenvalue weighted by Crippen LogP contribution is -2.37. The van der Waals surface area contributed by atoms with Crippen molar-refractivity contribution in [2.75, 3.05) is 25.4 Å². The molecule has 3 heteroatoms. The summed E-state index contributed by atoms with van der Waals surface area (Å²) >= 11 is 1.91. The minimum absolute atomic E-state index is 0.554. The van der Waals surface area contributed by atoms with E-state index in [0.717, 1.165) is 25.4 Å². The monoisotopic (exact) mass is 252 g/mol. The second-order valence-electron chi connectivity index (χ2n) is 4.22. The van der Waals surface area contributed by atoms with Gasteiger partial charge in [0, 0.05) is 29.8 Å². The van der Waals surface area contributed by atoms with Crippen molar-refractivity contribution in [1.29, 1.82) is 0 Å². The van der Waals surface area contributed by atoms with Crippen molar-refractivity contribution < 1.29 is 0 Å². The summed E-state index contributed by atoms with van der Waals surface area (Å²) in [4.78, 5) is 1.35. The Morgan fingerprint density at radius 2 is 1.94 bits per heavy atom. The van der Waals surface area contributed by atoms with Crippen LogP contribution in [0.25, 0.3) is 0 Å². The highest BCUT2D eigenvalue weighted by Crippen LogP contribution is 2.15. The molecule has 0 heterocycles. The predicted octanol–water partition coefficient (Wildman–Crippen LogP) is 2.76. The first kappa shape index (κ1) is 14.6. The molecule has 0 aromatic heterocycles. The predicted molar refractivity (Wildman–Crippen MR) is 77.8 cm³/mol. The number of thioether (sulfide) groups is 1. The number of nitrogens with one attached hydrogen (secondary N) is 2. The summed E-state index contributed by atoms with van der Waals surface area (Å²) in [5, 5.41) is 6.95. The smallest absolute Gasteiger partial charge is 0.0164 e. The molecule has 1 aromatic rings. The third-order valence-corrected chi connectivity index (χ3v) is 3.50. The zero-order valence-electron chi connectivity index (χ0n) is 10.9. The second-order valence-corrected chi connectivity index (χ2v) is 5.39. The van der Waals surface area contributed by atoms with Crippen molar-refractivity contribution >= 4 is 11.8 Å². The molecule has 0 spiro atoms. The van der Waals surface area contributed by atoms with Crippen LogP contribution >= 0.6 is 11.8 Å². The average Bonchev–Trinajstić information content (AvgIpc) is 2.36. The van der Waals surface area contributed by atoms with E-state index < -0.39 is 0 Å². The Morgan fingerprint density at radius 3 is 2.65 bits per heavy atom. The summed E-state index contributed by atoms with van der Waals surface area (Å²) in [6, 6.07) is 11.1. The Balaban J connectivity index is 2.00. The Morgan fingerprint density at radius 1 is 1.18 bits per heavy atom. The van der Waals surface area contributed by atoms with E-state index >= 15 is 0 Å². The van der Waals surface area contributed by atoms with Gasteiger partial charge >= 0.3 is 0 Å². The lowest BCUT2D eigenvalue weighted by molar-refractivity contribution is 0.516. The first-order chi connectivity index (χ1) is 8.33. The van der Waals surface area contributed by atoms with Crippen LogP contribution in [0.2, 0.25) is 0 Å². The maximum Gasteiger partial charge on any atom is 0.0164 e. The summed E-state index contributed by atoms with van der Waals surface area (Å²) < 4.78 is 0. The molecule has 0 aliphatic heterocycles. The Kier molecular flexibility index (Phi) is 8.14. The van der Waals surface area contributed by atoms with Crippen molar-refractivity contribution in [2.45, 2.75) is 31.2 Å². The van der Waals surface area contributed by atoms with Crippen molar-refractivity contribution in [3.8, 4) is 0 Å². The molecule has 1 atom stereocenters. The molecule has 0 saturated carbocycles. The highest BCUT2D eigenvalue weighted by molar-refractivity contribution is 7.99. The van der Waals surface area contributed by atoms with Gasteiger partial charge in [-0.25, -0.2) is 0 Å². The van der Waals surface area contributed by atoms with Crippen LogP contribution in [0.15, 0.2) is 35.2 Å². The fourth-order valence-corrected chi connectivity index (χ4v) is 2.36. The van der Waals surface area contributed by atoms with Gasteiger partial charge in [0.1, 0.15) is 0 Å². The second kappa shape index (κ2) is 9.51. The maximum atomic E-state index is 3.53. The van der Waals surface area contributed by atoms with E-state index in [4.69, 9.17) is 0 Å². The van der Waals surface area contributed by atoms with Crippen LogP contribution < -0.4 is 10.6 Å². The van der Waals surface area contributed by atoms with Gasteiger partial charge in [0.2, 0.25) is 0 Å². The molecule has 17 heavy (non-hydrogen) atoms. The normalized spacial score (nSPS) is 12.6. The molecule has 0 aliphatic rings. The zero-order valence-corrected chi connectivity index (χ0v) is 11.7. The molecular formula is C14H24N2S. The van der Waals surface area contributed by atoms with E-state index in [2.05, 4.69) is 54.8 Å². The van der Waals surface area contributed by atoms with Crippen LogP contribution in [-0.4, -0.2) is 31.4 Å². The summed E-state index contributed by atoms with van der Waals surface area (Å²) in [6.07, 6.45) is 1.20. The minimum Gasteiger partial charge on any atom is -0.315 e. The van der Waals surface area contributed by atoms with Gasteiger partial charge in [0.05, 0.1) is 0 Å². The van der Waals surface area contributed by atoms with Gasteiger partial charge in [-0.3, -0.25) is 0 Å². The molecule has 0 amide bonds. The first-order valence-corrected chi connectivity index (χ1v) is 7.43. The largest absolute Gasteiger partial charge is 0.315 e. The SMILES string of the molecule is CCCNCC(C)NCCSc1ccccc1. The van der Waals surface area contributed by atoms with E-state index in [0.29, 0.717) is 6.04 Å². The standard InChI is InChI=1S/C14H24N2S/c1-3-9-15-12-13(2)16-10-11-17-14-7-5-4-6-8-14/h4-8,13,15-16H,3,9-12H2,1-2H3. The lowest BCUT2D eigenvalue weighted by Gasteiger charge is -2.14. The van der Waals surface area contributed by atoms with Gasteiger partial charge < -0.3 is 10.6 Å². The summed E-state index contributed by atoms with van der Waals surface area (Å²) in [7, 11) is 0. The molecule has 1 unspecified atom stereocenters. The van der Waals surface area contributed by atoms with Crippen molar-refractivity contribution in [2.24, 2.45) is 0 Å². The number of hydrogen-bond acceptors (Lipinski definition) is 3. The van der Waals surface area contributed by atoms with Gasteiger partial charge in [-0.15, -0.1) is 11.8 Å². The van der Waals surface area contributed by atoms with Crippen LogP contribution in [0.5, 0.6) is 0 Å². The first-order valence-electron chi connectivity index (χ1n) is 6.45. The molecule has 0 fully saturated rings. The zero-order chi connectivity index (χ0) is 12.3. The summed E-state index contributed by atoms with van der Waals surface area (Å²) in [6.45, 7) is 7.67. The van der Waals surface area contributed by atoms with Gasteiger partial charge in [-0.2, -0.15) is 0 Å². The van der Waals surface area contributed by atoms with E-state index in [-0.39, 0.29) is 0 Å². The van der Waals surface area contributed by atoms with Crippen molar-refractivity contribution in [3.63, 3.8) is 0 Å². The van der Waals surface area contributed by atoms with Gasteiger partial charge in [0.25, 0.3) is 0 Å². The summed E-state index contributed by atoms with van der Waals surface area (Å²) in [5.41, 5.74) is 0. The highest BCUT2D eigenvalue weighted by Gasteiger charge is 1.99. The quantitative estimate of drug-likeness (QED) is 0.522. The van der Waals surface area contributed by atoms with Crippen LogP contribution in [0.3, 0.4) is 0 Å². The fraction of sp³-hybridized carbons (Fsp3) is 0.571. The molecule has 2 N–H and O–H groups in total. The molecule has 0 radical (unpaired) electrons. The third-order valence-electron chi connectivity index (χ3n) is 2.48. The summed E-state index contributed by atoms with van der Waals surface area (Å²) in [5.74, 6) is 1.13. The molecule has 1 aromatic carbocycles. The van der Waals surface area contributed by atoms with Gasteiger partial charge in [-0.05, 0) is 32.0 Å². The number of benzene rings is 1. The molecule has 96 valence electrons. The lowest BCUT2D eigenvalue weighted by atomic mass is 10.3.